The molecule has 0 saturated carbocycles. The van der Waals surface area contributed by atoms with Crippen LogP contribution in [-0.4, -0.2) is 5.51 Å². The van der Waals surface area contributed by atoms with Crippen LogP contribution in [-0.2, 0) is 10.9 Å². The van der Waals surface area contributed by atoms with Gasteiger partial charge in [-0.2, -0.15) is 0 Å². The standard InChI is InChI=1S/C13H8F5S/c14-9-6-7-12(11(15)8-9)19(13(16,17)18)10-4-2-1-3-5-10/h1-8H/q+1. The SMILES string of the molecule is Fc1ccc([S+](c2ccccc2)C(F)(F)F)c(F)c1. The smallest absolute Gasteiger partial charge is 0.207 e. The molecule has 2 aromatic carbocycles. The molecule has 0 radical (unpaired) electrons. The Balaban J connectivity index is 2.56. The van der Waals surface area contributed by atoms with Gasteiger partial charge in [-0.05, 0) is 18.2 Å². The number of hydrogen-bond donors (Lipinski definition) is 0. The summed E-state index contributed by atoms with van der Waals surface area (Å²) < 4.78 is 65.7. The average molecular weight is 291 g/mol. The third-order valence-electron chi connectivity index (χ3n) is 2.32. The molecular formula is C13H8F5S+. The van der Waals surface area contributed by atoms with Crippen molar-refractivity contribution in [1.82, 2.24) is 0 Å². The molecule has 1 atom stereocenters. The van der Waals surface area contributed by atoms with E-state index in [9.17, 15) is 22.0 Å². The van der Waals surface area contributed by atoms with Gasteiger partial charge in [0.2, 0.25) is 4.90 Å². The molecule has 100 valence electrons. The summed E-state index contributed by atoms with van der Waals surface area (Å²) in [5.41, 5.74) is -4.62. The highest BCUT2D eigenvalue weighted by Gasteiger charge is 2.55. The quantitative estimate of drug-likeness (QED) is 0.563. The number of halogens is 5. The summed E-state index contributed by atoms with van der Waals surface area (Å²) in [4.78, 5) is -0.611. The van der Waals surface area contributed by atoms with Crippen LogP contribution in [0.5, 0.6) is 0 Å². The third-order valence-corrected chi connectivity index (χ3v) is 4.30. The Bertz CT molecular complexity index is 565. The zero-order valence-electron chi connectivity index (χ0n) is 9.42. The minimum atomic E-state index is -4.62. The fourth-order valence-corrected chi connectivity index (χ4v) is 3.24. The maximum Gasteiger partial charge on any atom is 0.586 e. The first-order chi connectivity index (χ1) is 8.89. The monoisotopic (exact) mass is 291 g/mol. The maximum absolute atomic E-state index is 13.6. The van der Waals surface area contributed by atoms with E-state index in [4.69, 9.17) is 0 Å². The predicted octanol–water partition coefficient (Wildman–Crippen LogP) is 4.52. The predicted molar refractivity (Wildman–Crippen MR) is 62.8 cm³/mol. The van der Waals surface area contributed by atoms with Gasteiger partial charge in [0, 0.05) is 12.1 Å². The Hall–Kier alpha value is -1.56. The van der Waals surface area contributed by atoms with Crippen molar-refractivity contribution < 1.29 is 22.0 Å². The largest absolute Gasteiger partial charge is 0.586 e. The van der Waals surface area contributed by atoms with Gasteiger partial charge >= 0.3 is 5.51 Å². The lowest BCUT2D eigenvalue weighted by atomic mass is 10.3. The second kappa shape index (κ2) is 5.21. The van der Waals surface area contributed by atoms with E-state index in [2.05, 4.69) is 0 Å². The molecule has 0 spiro atoms. The molecule has 6 heteroatoms. The van der Waals surface area contributed by atoms with E-state index >= 15 is 0 Å². The van der Waals surface area contributed by atoms with Crippen molar-refractivity contribution >= 4 is 10.9 Å². The van der Waals surface area contributed by atoms with E-state index in [0.717, 1.165) is 12.1 Å². The molecule has 19 heavy (non-hydrogen) atoms. The molecule has 1 unspecified atom stereocenters. The van der Waals surface area contributed by atoms with Crippen LogP contribution in [0, 0.1) is 11.6 Å². The molecule has 0 nitrogen and oxygen atoms in total. The first kappa shape index (κ1) is 13.9. The minimum Gasteiger partial charge on any atom is -0.207 e. The molecule has 0 heterocycles. The highest BCUT2D eigenvalue weighted by molar-refractivity contribution is 7.97. The lowest BCUT2D eigenvalue weighted by Crippen LogP contribution is -2.25. The van der Waals surface area contributed by atoms with Gasteiger partial charge in [-0.3, -0.25) is 0 Å². The molecule has 2 aromatic rings. The van der Waals surface area contributed by atoms with Gasteiger partial charge in [-0.15, -0.1) is 13.2 Å². The lowest BCUT2D eigenvalue weighted by Gasteiger charge is -2.10. The Morgan fingerprint density at radius 1 is 0.842 bits per heavy atom. The molecule has 0 bridgehead atoms. The summed E-state index contributed by atoms with van der Waals surface area (Å²) in [5.74, 6) is -2.09. The Labute approximate surface area is 109 Å². The van der Waals surface area contributed by atoms with E-state index in [0.29, 0.717) is 6.07 Å². The van der Waals surface area contributed by atoms with Crippen LogP contribution < -0.4 is 0 Å². The average Bonchev–Trinajstić information content (AvgIpc) is 2.32. The van der Waals surface area contributed by atoms with Crippen LogP contribution in [0.1, 0.15) is 0 Å². The number of alkyl halides is 3. The van der Waals surface area contributed by atoms with Crippen LogP contribution in [0.3, 0.4) is 0 Å². The van der Waals surface area contributed by atoms with Gasteiger partial charge < -0.3 is 0 Å². The molecule has 0 aromatic heterocycles. The van der Waals surface area contributed by atoms with Crippen molar-refractivity contribution in [3.05, 3.63) is 60.2 Å². The molecule has 0 fully saturated rings. The molecule has 2 rings (SSSR count). The van der Waals surface area contributed by atoms with Gasteiger partial charge in [0.05, 0.1) is 0 Å². The second-order valence-corrected chi connectivity index (χ2v) is 5.63. The van der Waals surface area contributed by atoms with E-state index in [1.54, 1.807) is 6.07 Å². The van der Waals surface area contributed by atoms with Crippen LogP contribution in [0.4, 0.5) is 22.0 Å². The summed E-state index contributed by atoms with van der Waals surface area (Å²) in [5, 5.41) is 0. The first-order valence-corrected chi connectivity index (χ1v) is 6.43. The van der Waals surface area contributed by atoms with Crippen molar-refractivity contribution in [3.8, 4) is 0 Å². The van der Waals surface area contributed by atoms with E-state index in [1.165, 1.54) is 24.3 Å². The molecule has 0 aliphatic heterocycles. The van der Waals surface area contributed by atoms with Crippen LogP contribution >= 0.6 is 0 Å². The zero-order chi connectivity index (χ0) is 14.0. The number of rotatable bonds is 2. The van der Waals surface area contributed by atoms with Crippen molar-refractivity contribution in [2.75, 3.05) is 0 Å². The van der Waals surface area contributed by atoms with Gasteiger partial charge in [-0.1, -0.05) is 18.2 Å². The number of hydrogen-bond acceptors (Lipinski definition) is 0. The highest BCUT2D eigenvalue weighted by atomic mass is 32.2. The zero-order valence-corrected chi connectivity index (χ0v) is 10.2. The second-order valence-electron chi connectivity index (χ2n) is 3.64. The van der Waals surface area contributed by atoms with Crippen molar-refractivity contribution in [2.45, 2.75) is 15.3 Å². The minimum absolute atomic E-state index is 0.0551. The first-order valence-electron chi connectivity index (χ1n) is 5.21. The highest BCUT2D eigenvalue weighted by Crippen LogP contribution is 2.39. The Kier molecular flexibility index (Phi) is 3.80. The molecule has 0 aliphatic carbocycles. The van der Waals surface area contributed by atoms with Gasteiger partial charge in [0.25, 0.3) is 0 Å². The van der Waals surface area contributed by atoms with Crippen molar-refractivity contribution in [3.63, 3.8) is 0 Å². The van der Waals surface area contributed by atoms with Crippen LogP contribution in [0.2, 0.25) is 0 Å². The molecule has 0 aliphatic rings. The van der Waals surface area contributed by atoms with Gasteiger partial charge in [0.15, 0.2) is 21.6 Å². The molecular weight excluding hydrogens is 283 g/mol. The summed E-state index contributed by atoms with van der Waals surface area (Å²) >= 11 is 0. The van der Waals surface area contributed by atoms with Crippen LogP contribution in [0.15, 0.2) is 58.3 Å². The van der Waals surface area contributed by atoms with Crippen molar-refractivity contribution in [2.24, 2.45) is 0 Å². The Morgan fingerprint density at radius 2 is 1.47 bits per heavy atom. The molecule has 0 N–H and O–H groups in total. The van der Waals surface area contributed by atoms with Crippen molar-refractivity contribution in [1.29, 1.82) is 0 Å². The van der Waals surface area contributed by atoms with Crippen LogP contribution in [0.25, 0.3) is 0 Å². The summed E-state index contributed by atoms with van der Waals surface area (Å²) in [6, 6.07) is 9.15. The third kappa shape index (κ3) is 3.07. The Morgan fingerprint density at radius 3 is 2.00 bits per heavy atom. The lowest BCUT2D eigenvalue weighted by molar-refractivity contribution is -0.0372. The molecule has 0 amide bonds. The van der Waals surface area contributed by atoms with E-state index in [1.807, 2.05) is 0 Å². The maximum atomic E-state index is 13.6. The fourth-order valence-electron chi connectivity index (χ4n) is 1.58. The molecule has 0 saturated heterocycles. The normalized spacial score (nSPS) is 13.3. The van der Waals surface area contributed by atoms with E-state index in [-0.39, 0.29) is 4.90 Å². The summed E-state index contributed by atoms with van der Waals surface area (Å²) in [6.45, 7) is 0. The van der Waals surface area contributed by atoms with Gasteiger partial charge in [-0.25, -0.2) is 8.78 Å². The topological polar surface area (TPSA) is 0 Å². The number of benzene rings is 2. The fraction of sp³-hybridized carbons (Fsp3) is 0.0769. The van der Waals surface area contributed by atoms with Gasteiger partial charge in [0.1, 0.15) is 5.82 Å². The summed E-state index contributed by atoms with van der Waals surface area (Å²) in [6.07, 6.45) is 0. The summed E-state index contributed by atoms with van der Waals surface area (Å²) in [7, 11) is -2.43. The van der Waals surface area contributed by atoms with E-state index < -0.39 is 32.9 Å².